The van der Waals surface area contributed by atoms with Gasteiger partial charge in [0.1, 0.15) is 11.6 Å². The fourth-order valence-corrected chi connectivity index (χ4v) is 3.42. The number of aromatic nitrogens is 2. The van der Waals surface area contributed by atoms with Crippen molar-refractivity contribution in [3.8, 4) is 5.75 Å². The molecule has 0 saturated carbocycles. The lowest BCUT2D eigenvalue weighted by atomic mass is 10.1. The van der Waals surface area contributed by atoms with Crippen LogP contribution in [0.15, 0.2) is 65.6 Å². The highest BCUT2D eigenvalue weighted by molar-refractivity contribution is 7.92. The molecule has 0 radical (unpaired) electrons. The summed E-state index contributed by atoms with van der Waals surface area (Å²) in [6.45, 7) is 2.65. The summed E-state index contributed by atoms with van der Waals surface area (Å²) in [5, 5.41) is 11.1. The van der Waals surface area contributed by atoms with Crippen molar-refractivity contribution >= 4 is 21.7 Å². The van der Waals surface area contributed by atoms with Crippen LogP contribution in [0.5, 0.6) is 5.75 Å². The summed E-state index contributed by atoms with van der Waals surface area (Å²) in [7, 11) is -2.22. The standard InChI is InChI=1S/C19H20N4O3S/c1-14-5-3-4-6-15(14)13-20-18-11-12-19(22-21-18)23-27(24,25)17-9-7-16(26-2)8-10-17/h3-12H,13H2,1-2H3,(H,20,21)(H,22,23). The van der Waals surface area contributed by atoms with E-state index in [1.165, 1.54) is 24.8 Å². The molecule has 0 aliphatic heterocycles. The molecule has 0 fully saturated rings. The van der Waals surface area contributed by atoms with Crippen LogP contribution in [0.2, 0.25) is 0 Å². The highest BCUT2D eigenvalue weighted by atomic mass is 32.2. The van der Waals surface area contributed by atoms with Gasteiger partial charge < -0.3 is 10.1 Å². The Morgan fingerprint density at radius 3 is 2.22 bits per heavy atom. The Kier molecular flexibility index (Phi) is 5.56. The summed E-state index contributed by atoms with van der Waals surface area (Å²) in [4.78, 5) is 0.117. The molecule has 2 aromatic carbocycles. The summed E-state index contributed by atoms with van der Waals surface area (Å²) in [5.74, 6) is 1.29. The highest BCUT2D eigenvalue weighted by Crippen LogP contribution is 2.18. The van der Waals surface area contributed by atoms with Gasteiger partial charge in [0.05, 0.1) is 12.0 Å². The fraction of sp³-hybridized carbons (Fsp3) is 0.158. The molecular weight excluding hydrogens is 364 g/mol. The second-order valence-electron chi connectivity index (χ2n) is 5.86. The van der Waals surface area contributed by atoms with Gasteiger partial charge in [0.15, 0.2) is 5.82 Å². The van der Waals surface area contributed by atoms with Crippen LogP contribution < -0.4 is 14.8 Å². The maximum absolute atomic E-state index is 12.4. The quantitative estimate of drug-likeness (QED) is 0.650. The second-order valence-corrected chi connectivity index (χ2v) is 7.55. The van der Waals surface area contributed by atoms with Gasteiger partial charge in [-0.2, -0.15) is 0 Å². The zero-order chi connectivity index (χ0) is 19.3. The van der Waals surface area contributed by atoms with Crippen LogP contribution in [0.1, 0.15) is 11.1 Å². The topological polar surface area (TPSA) is 93.2 Å². The van der Waals surface area contributed by atoms with Gasteiger partial charge in [-0.3, -0.25) is 4.72 Å². The summed E-state index contributed by atoms with van der Waals surface area (Å²) >= 11 is 0. The molecule has 3 rings (SSSR count). The molecule has 0 spiro atoms. The third-order valence-electron chi connectivity index (χ3n) is 3.99. The van der Waals surface area contributed by atoms with E-state index in [2.05, 4.69) is 20.2 Å². The summed E-state index contributed by atoms with van der Waals surface area (Å²) in [6, 6.07) is 17.4. The first-order valence-electron chi connectivity index (χ1n) is 8.27. The predicted octanol–water partition coefficient (Wildman–Crippen LogP) is 3.21. The van der Waals surface area contributed by atoms with Crippen molar-refractivity contribution in [2.75, 3.05) is 17.1 Å². The Bertz CT molecular complexity index is 1000. The molecule has 27 heavy (non-hydrogen) atoms. The molecule has 1 aromatic heterocycles. The Morgan fingerprint density at radius 1 is 0.926 bits per heavy atom. The number of rotatable bonds is 7. The number of methoxy groups -OCH3 is 1. The minimum atomic E-state index is -3.74. The average molecular weight is 384 g/mol. The normalized spacial score (nSPS) is 11.0. The first-order chi connectivity index (χ1) is 13.0. The molecule has 0 aliphatic carbocycles. The van der Waals surface area contributed by atoms with Gasteiger partial charge in [-0.05, 0) is 54.4 Å². The van der Waals surface area contributed by atoms with Crippen molar-refractivity contribution in [3.05, 3.63) is 71.8 Å². The van der Waals surface area contributed by atoms with Crippen molar-refractivity contribution in [1.82, 2.24) is 10.2 Å². The number of anilines is 2. The van der Waals surface area contributed by atoms with Gasteiger partial charge in [-0.15, -0.1) is 10.2 Å². The SMILES string of the molecule is COc1ccc(S(=O)(=O)Nc2ccc(NCc3ccccc3C)nn2)cc1. The molecular formula is C19H20N4O3S. The van der Waals surface area contributed by atoms with Crippen molar-refractivity contribution in [2.45, 2.75) is 18.4 Å². The van der Waals surface area contributed by atoms with Crippen LogP contribution in [0.25, 0.3) is 0 Å². The molecule has 0 unspecified atom stereocenters. The lowest BCUT2D eigenvalue weighted by Gasteiger charge is -2.10. The largest absolute Gasteiger partial charge is 0.497 e. The van der Waals surface area contributed by atoms with Crippen LogP contribution in [0.4, 0.5) is 11.6 Å². The van der Waals surface area contributed by atoms with E-state index in [1.807, 2.05) is 31.2 Å². The van der Waals surface area contributed by atoms with E-state index >= 15 is 0 Å². The third kappa shape index (κ3) is 4.73. The molecule has 0 aliphatic rings. The van der Waals surface area contributed by atoms with E-state index in [1.54, 1.807) is 24.3 Å². The van der Waals surface area contributed by atoms with Crippen molar-refractivity contribution in [1.29, 1.82) is 0 Å². The lowest BCUT2D eigenvalue weighted by Crippen LogP contribution is -2.14. The zero-order valence-electron chi connectivity index (χ0n) is 15.0. The van der Waals surface area contributed by atoms with Crippen LogP contribution >= 0.6 is 0 Å². The van der Waals surface area contributed by atoms with Gasteiger partial charge in [-0.1, -0.05) is 24.3 Å². The molecule has 0 saturated heterocycles. The van der Waals surface area contributed by atoms with E-state index in [-0.39, 0.29) is 10.7 Å². The van der Waals surface area contributed by atoms with Crippen molar-refractivity contribution < 1.29 is 13.2 Å². The van der Waals surface area contributed by atoms with Crippen LogP contribution in [-0.2, 0) is 16.6 Å². The third-order valence-corrected chi connectivity index (χ3v) is 5.37. The zero-order valence-corrected chi connectivity index (χ0v) is 15.8. The highest BCUT2D eigenvalue weighted by Gasteiger charge is 2.15. The van der Waals surface area contributed by atoms with Crippen LogP contribution in [0, 0.1) is 6.92 Å². The predicted molar refractivity (Wildman–Crippen MR) is 104 cm³/mol. The van der Waals surface area contributed by atoms with Gasteiger partial charge >= 0.3 is 0 Å². The molecule has 7 nitrogen and oxygen atoms in total. The Hall–Kier alpha value is -3.13. The number of ether oxygens (including phenoxy) is 1. The molecule has 0 atom stereocenters. The smallest absolute Gasteiger partial charge is 0.263 e. The number of sulfonamides is 1. The maximum Gasteiger partial charge on any atom is 0.263 e. The van der Waals surface area contributed by atoms with Gasteiger partial charge in [0, 0.05) is 6.54 Å². The summed E-state index contributed by atoms with van der Waals surface area (Å²) < 4.78 is 32.2. The Morgan fingerprint density at radius 2 is 1.59 bits per heavy atom. The van der Waals surface area contributed by atoms with E-state index in [4.69, 9.17) is 4.74 Å². The Balaban J connectivity index is 1.65. The van der Waals surface area contributed by atoms with E-state index in [0.29, 0.717) is 18.1 Å². The number of benzene rings is 2. The second kappa shape index (κ2) is 8.05. The van der Waals surface area contributed by atoms with Crippen LogP contribution in [0.3, 0.4) is 0 Å². The molecule has 3 aromatic rings. The first kappa shape index (κ1) is 18.7. The van der Waals surface area contributed by atoms with E-state index in [9.17, 15) is 8.42 Å². The fourth-order valence-electron chi connectivity index (χ4n) is 2.43. The molecule has 0 amide bonds. The lowest BCUT2D eigenvalue weighted by molar-refractivity contribution is 0.414. The van der Waals surface area contributed by atoms with Crippen LogP contribution in [-0.4, -0.2) is 25.7 Å². The van der Waals surface area contributed by atoms with Gasteiger partial charge in [0.2, 0.25) is 0 Å². The first-order valence-corrected chi connectivity index (χ1v) is 9.75. The van der Waals surface area contributed by atoms with Crippen molar-refractivity contribution in [3.63, 3.8) is 0 Å². The van der Waals surface area contributed by atoms with E-state index in [0.717, 1.165) is 5.56 Å². The van der Waals surface area contributed by atoms with Crippen molar-refractivity contribution in [2.24, 2.45) is 0 Å². The monoisotopic (exact) mass is 384 g/mol. The number of nitrogens with zero attached hydrogens (tertiary/aromatic N) is 2. The summed E-state index contributed by atoms with van der Waals surface area (Å²) in [6.07, 6.45) is 0. The number of aryl methyl sites for hydroxylation is 1. The van der Waals surface area contributed by atoms with Gasteiger partial charge in [-0.25, -0.2) is 8.42 Å². The van der Waals surface area contributed by atoms with E-state index < -0.39 is 10.0 Å². The summed E-state index contributed by atoms with van der Waals surface area (Å²) in [5.41, 5.74) is 2.34. The average Bonchev–Trinajstić information content (AvgIpc) is 2.68. The number of hydrogen-bond acceptors (Lipinski definition) is 6. The minimum absolute atomic E-state index is 0.117. The number of nitrogens with one attached hydrogen (secondary N) is 2. The molecule has 8 heteroatoms. The molecule has 140 valence electrons. The Labute approximate surface area is 158 Å². The molecule has 0 bridgehead atoms. The minimum Gasteiger partial charge on any atom is -0.497 e. The molecule has 2 N–H and O–H groups in total. The van der Waals surface area contributed by atoms with Gasteiger partial charge in [0.25, 0.3) is 10.0 Å². The number of hydrogen-bond donors (Lipinski definition) is 2. The molecule has 1 heterocycles. The maximum atomic E-state index is 12.4.